The third kappa shape index (κ3) is 9.47. The van der Waals surface area contributed by atoms with Crippen LogP contribution in [0.15, 0.2) is 0 Å². The van der Waals surface area contributed by atoms with E-state index in [0.29, 0.717) is 12.6 Å². The molecular formula is C12H23N3O. The predicted molar refractivity (Wildman–Crippen MR) is 64.8 cm³/mol. The Morgan fingerprint density at radius 3 is 2.56 bits per heavy atom. The van der Waals surface area contributed by atoms with E-state index in [4.69, 9.17) is 5.26 Å². The summed E-state index contributed by atoms with van der Waals surface area (Å²) in [6.45, 7) is 6.89. The van der Waals surface area contributed by atoms with Gasteiger partial charge in [-0.15, -0.1) is 0 Å². The number of amides is 1. The second-order valence-corrected chi connectivity index (χ2v) is 4.54. The Balaban J connectivity index is 3.46. The molecule has 1 amide bonds. The average molecular weight is 225 g/mol. The fraction of sp³-hybridized carbons (Fsp3) is 0.833. The van der Waals surface area contributed by atoms with E-state index in [9.17, 15) is 4.79 Å². The Kier molecular flexibility index (Phi) is 8.55. The summed E-state index contributed by atoms with van der Waals surface area (Å²) in [4.78, 5) is 11.2. The maximum atomic E-state index is 11.2. The molecule has 0 spiro atoms. The van der Waals surface area contributed by atoms with Crippen molar-refractivity contribution in [1.29, 1.82) is 5.26 Å². The van der Waals surface area contributed by atoms with Crippen LogP contribution in [0.4, 0.5) is 0 Å². The third-order valence-electron chi connectivity index (χ3n) is 2.39. The van der Waals surface area contributed by atoms with Gasteiger partial charge in [-0.25, -0.2) is 0 Å². The van der Waals surface area contributed by atoms with E-state index in [1.54, 1.807) is 0 Å². The van der Waals surface area contributed by atoms with Crippen LogP contribution in [-0.2, 0) is 4.79 Å². The number of rotatable bonds is 8. The molecule has 1 atom stereocenters. The van der Waals surface area contributed by atoms with Gasteiger partial charge < -0.3 is 10.6 Å². The molecule has 0 aromatic rings. The number of hydrogen-bond acceptors (Lipinski definition) is 3. The number of hydrogen-bond donors (Lipinski definition) is 2. The van der Waals surface area contributed by atoms with Gasteiger partial charge in [-0.1, -0.05) is 26.7 Å². The Morgan fingerprint density at radius 2 is 2.00 bits per heavy atom. The van der Waals surface area contributed by atoms with Crippen molar-refractivity contribution in [3.63, 3.8) is 0 Å². The van der Waals surface area contributed by atoms with Crippen LogP contribution >= 0.6 is 0 Å². The maximum Gasteiger partial charge on any atom is 0.234 e. The zero-order valence-electron chi connectivity index (χ0n) is 10.5. The molecule has 16 heavy (non-hydrogen) atoms. The van der Waals surface area contributed by atoms with Crippen molar-refractivity contribution in [2.75, 3.05) is 13.1 Å². The summed E-state index contributed by atoms with van der Waals surface area (Å²) in [5.74, 6) is 0.628. The summed E-state index contributed by atoms with van der Waals surface area (Å²) in [6.07, 6.45) is 3.50. The normalized spacial score (nSPS) is 12.2. The van der Waals surface area contributed by atoms with Crippen LogP contribution in [-0.4, -0.2) is 25.0 Å². The van der Waals surface area contributed by atoms with Crippen molar-refractivity contribution < 1.29 is 4.79 Å². The van der Waals surface area contributed by atoms with Gasteiger partial charge in [0.05, 0.1) is 12.6 Å². The van der Waals surface area contributed by atoms with E-state index in [2.05, 4.69) is 31.4 Å². The number of nitrogens with one attached hydrogen (secondary N) is 2. The third-order valence-corrected chi connectivity index (χ3v) is 2.39. The lowest BCUT2D eigenvalue weighted by Gasteiger charge is -2.13. The first-order chi connectivity index (χ1) is 7.56. The van der Waals surface area contributed by atoms with Crippen LogP contribution in [0.25, 0.3) is 0 Å². The zero-order valence-corrected chi connectivity index (χ0v) is 10.5. The van der Waals surface area contributed by atoms with Crippen molar-refractivity contribution >= 4 is 5.91 Å². The molecule has 2 N–H and O–H groups in total. The smallest absolute Gasteiger partial charge is 0.234 e. The highest BCUT2D eigenvalue weighted by Gasteiger charge is 2.05. The first kappa shape index (κ1) is 14.9. The van der Waals surface area contributed by atoms with Gasteiger partial charge in [0.15, 0.2) is 0 Å². The Morgan fingerprint density at radius 1 is 1.31 bits per heavy atom. The predicted octanol–water partition coefficient (Wildman–Crippen LogP) is 1.43. The van der Waals surface area contributed by atoms with Crippen molar-refractivity contribution in [3.05, 3.63) is 0 Å². The SMILES string of the molecule is CC(C)CCCC(C)NCC(=O)NCC#N. The molecule has 4 nitrogen and oxygen atoms in total. The molecule has 0 fully saturated rings. The van der Waals surface area contributed by atoms with Gasteiger partial charge in [0.2, 0.25) is 5.91 Å². The van der Waals surface area contributed by atoms with Gasteiger partial charge in [0.25, 0.3) is 0 Å². The van der Waals surface area contributed by atoms with Crippen LogP contribution in [0.5, 0.6) is 0 Å². The van der Waals surface area contributed by atoms with E-state index in [0.717, 1.165) is 12.3 Å². The van der Waals surface area contributed by atoms with E-state index >= 15 is 0 Å². The monoisotopic (exact) mass is 225 g/mol. The van der Waals surface area contributed by atoms with E-state index in [1.165, 1.54) is 12.8 Å². The van der Waals surface area contributed by atoms with Crippen molar-refractivity contribution in [2.24, 2.45) is 5.92 Å². The van der Waals surface area contributed by atoms with E-state index < -0.39 is 0 Å². The van der Waals surface area contributed by atoms with Gasteiger partial charge in [0, 0.05) is 6.04 Å². The largest absolute Gasteiger partial charge is 0.342 e. The van der Waals surface area contributed by atoms with Gasteiger partial charge >= 0.3 is 0 Å². The molecule has 0 bridgehead atoms. The molecule has 4 heteroatoms. The number of carbonyl (C=O) groups excluding carboxylic acids is 1. The molecule has 0 aromatic heterocycles. The minimum absolute atomic E-state index is 0.0856. The van der Waals surface area contributed by atoms with Crippen molar-refractivity contribution in [3.8, 4) is 6.07 Å². The lowest BCUT2D eigenvalue weighted by Crippen LogP contribution is -2.38. The number of carbonyl (C=O) groups is 1. The highest BCUT2D eigenvalue weighted by Crippen LogP contribution is 2.07. The highest BCUT2D eigenvalue weighted by molar-refractivity contribution is 5.78. The fourth-order valence-electron chi connectivity index (χ4n) is 1.40. The van der Waals surface area contributed by atoms with Crippen LogP contribution in [0, 0.1) is 17.2 Å². The summed E-state index contributed by atoms with van der Waals surface area (Å²) >= 11 is 0. The lowest BCUT2D eigenvalue weighted by molar-refractivity contribution is -0.120. The second kappa shape index (κ2) is 9.17. The summed E-state index contributed by atoms with van der Waals surface area (Å²) in [7, 11) is 0. The Hall–Kier alpha value is -1.08. The van der Waals surface area contributed by atoms with Crippen LogP contribution in [0.2, 0.25) is 0 Å². The minimum Gasteiger partial charge on any atom is -0.342 e. The molecule has 0 aliphatic rings. The van der Waals surface area contributed by atoms with Crippen LogP contribution in [0.3, 0.4) is 0 Å². The molecule has 0 aliphatic heterocycles. The summed E-state index contributed by atoms with van der Waals surface area (Å²) in [5, 5.41) is 13.9. The summed E-state index contributed by atoms with van der Waals surface area (Å²) < 4.78 is 0. The van der Waals surface area contributed by atoms with Crippen LogP contribution in [0.1, 0.15) is 40.0 Å². The topological polar surface area (TPSA) is 64.9 Å². The molecule has 0 radical (unpaired) electrons. The average Bonchev–Trinajstić information content (AvgIpc) is 2.23. The van der Waals surface area contributed by atoms with E-state index in [-0.39, 0.29) is 12.5 Å². The highest BCUT2D eigenvalue weighted by atomic mass is 16.1. The maximum absolute atomic E-state index is 11.2. The van der Waals surface area contributed by atoms with E-state index in [1.807, 2.05) is 6.07 Å². The molecule has 1 unspecified atom stereocenters. The minimum atomic E-state index is -0.114. The molecule has 92 valence electrons. The molecule has 0 aromatic carbocycles. The number of nitrogens with zero attached hydrogens (tertiary/aromatic N) is 1. The molecule has 0 aliphatic carbocycles. The van der Waals surface area contributed by atoms with Gasteiger partial charge in [-0.3, -0.25) is 4.79 Å². The molecule has 0 saturated heterocycles. The Labute approximate surface area is 98.4 Å². The summed E-state index contributed by atoms with van der Waals surface area (Å²) in [5.41, 5.74) is 0. The van der Waals surface area contributed by atoms with Gasteiger partial charge in [-0.05, 0) is 19.3 Å². The number of nitriles is 1. The standard InChI is InChI=1S/C12H23N3O/c1-10(2)5-4-6-11(3)15-9-12(16)14-8-7-13/h10-11,15H,4-6,8-9H2,1-3H3,(H,14,16). The first-order valence-corrected chi connectivity index (χ1v) is 5.93. The second-order valence-electron chi connectivity index (χ2n) is 4.54. The van der Waals surface area contributed by atoms with Gasteiger partial charge in [-0.2, -0.15) is 5.26 Å². The molecular weight excluding hydrogens is 202 g/mol. The molecule has 0 saturated carbocycles. The summed E-state index contributed by atoms with van der Waals surface area (Å²) in [6, 6.07) is 2.23. The fourth-order valence-corrected chi connectivity index (χ4v) is 1.40. The first-order valence-electron chi connectivity index (χ1n) is 5.93. The van der Waals surface area contributed by atoms with Gasteiger partial charge in [0.1, 0.15) is 6.54 Å². The Bertz CT molecular complexity index is 233. The zero-order chi connectivity index (χ0) is 12.4. The van der Waals surface area contributed by atoms with Crippen molar-refractivity contribution in [2.45, 2.75) is 46.1 Å². The quantitative estimate of drug-likeness (QED) is 0.614. The van der Waals surface area contributed by atoms with Crippen LogP contribution < -0.4 is 10.6 Å². The molecule has 0 rings (SSSR count). The lowest BCUT2D eigenvalue weighted by atomic mass is 10.0. The molecule has 0 heterocycles. The van der Waals surface area contributed by atoms with Crippen molar-refractivity contribution in [1.82, 2.24) is 10.6 Å².